The Kier molecular flexibility index (Phi) is 4.55. The van der Waals surface area contributed by atoms with Crippen molar-refractivity contribution in [2.24, 2.45) is 11.8 Å². The van der Waals surface area contributed by atoms with E-state index in [9.17, 15) is 19.5 Å². The first-order valence-corrected chi connectivity index (χ1v) is 8.35. The lowest BCUT2D eigenvalue weighted by Gasteiger charge is -2.20. The summed E-state index contributed by atoms with van der Waals surface area (Å²) < 4.78 is 0. The average Bonchev–Trinajstić information content (AvgIpc) is 3.19. The molecule has 0 saturated carbocycles. The number of carboxylic acid groups (broad SMARTS) is 1. The molecule has 2 saturated heterocycles. The molecule has 128 valence electrons. The van der Waals surface area contributed by atoms with Crippen molar-refractivity contribution in [3.8, 4) is 0 Å². The molecule has 24 heavy (non-hydrogen) atoms. The number of carbonyl (C=O) groups excluding carboxylic acids is 2. The molecule has 0 spiro atoms. The smallest absolute Gasteiger partial charge is 0.308 e. The van der Waals surface area contributed by atoms with Gasteiger partial charge in [-0.3, -0.25) is 14.4 Å². The molecule has 2 heterocycles. The van der Waals surface area contributed by atoms with Crippen LogP contribution in [-0.4, -0.2) is 58.9 Å². The first kappa shape index (κ1) is 16.5. The molecule has 6 heteroatoms. The summed E-state index contributed by atoms with van der Waals surface area (Å²) in [6.45, 7) is 3.55. The van der Waals surface area contributed by atoms with Crippen LogP contribution in [-0.2, 0) is 14.4 Å². The van der Waals surface area contributed by atoms with Crippen LogP contribution in [0.2, 0.25) is 0 Å². The average molecular weight is 330 g/mol. The second-order valence-electron chi connectivity index (χ2n) is 6.54. The zero-order chi connectivity index (χ0) is 17.3. The largest absolute Gasteiger partial charge is 0.481 e. The van der Waals surface area contributed by atoms with Crippen molar-refractivity contribution in [1.29, 1.82) is 0 Å². The van der Waals surface area contributed by atoms with Gasteiger partial charge in [-0.1, -0.05) is 30.3 Å². The Morgan fingerprint density at radius 3 is 2.46 bits per heavy atom. The van der Waals surface area contributed by atoms with Gasteiger partial charge in [0.1, 0.15) is 0 Å². The third kappa shape index (κ3) is 3.00. The van der Waals surface area contributed by atoms with Gasteiger partial charge in [-0.2, -0.15) is 0 Å². The first-order chi connectivity index (χ1) is 11.5. The summed E-state index contributed by atoms with van der Waals surface area (Å²) in [5.41, 5.74) is 0.942. The van der Waals surface area contributed by atoms with Gasteiger partial charge in [0.05, 0.1) is 11.8 Å². The molecule has 0 bridgehead atoms. The van der Waals surface area contributed by atoms with Crippen LogP contribution in [0.3, 0.4) is 0 Å². The fraction of sp³-hybridized carbons (Fsp3) is 0.500. The molecule has 0 aromatic heterocycles. The van der Waals surface area contributed by atoms with Gasteiger partial charge in [-0.05, 0) is 12.5 Å². The topological polar surface area (TPSA) is 77.9 Å². The molecule has 1 aromatic rings. The summed E-state index contributed by atoms with van der Waals surface area (Å²) in [6.07, 6.45) is 0.233. The number of carboxylic acids is 1. The second-order valence-corrected chi connectivity index (χ2v) is 6.54. The van der Waals surface area contributed by atoms with E-state index in [2.05, 4.69) is 0 Å². The minimum Gasteiger partial charge on any atom is -0.481 e. The third-order valence-corrected chi connectivity index (χ3v) is 5.12. The summed E-state index contributed by atoms with van der Waals surface area (Å²) in [5.74, 6) is -2.12. The third-order valence-electron chi connectivity index (χ3n) is 5.12. The van der Waals surface area contributed by atoms with E-state index in [4.69, 9.17) is 0 Å². The van der Waals surface area contributed by atoms with E-state index in [0.717, 1.165) is 5.56 Å². The lowest BCUT2D eigenvalue weighted by molar-refractivity contribution is -0.142. The Bertz CT molecular complexity index is 646. The van der Waals surface area contributed by atoms with E-state index < -0.39 is 11.9 Å². The maximum atomic E-state index is 12.8. The molecule has 2 fully saturated rings. The number of benzene rings is 1. The maximum Gasteiger partial charge on any atom is 0.308 e. The highest BCUT2D eigenvalue weighted by atomic mass is 16.4. The van der Waals surface area contributed by atoms with Crippen LogP contribution in [0.1, 0.15) is 24.8 Å². The van der Waals surface area contributed by atoms with Crippen LogP contribution in [0.4, 0.5) is 0 Å². The molecular weight excluding hydrogens is 308 g/mol. The molecule has 0 radical (unpaired) electrons. The summed E-state index contributed by atoms with van der Waals surface area (Å²) >= 11 is 0. The Morgan fingerprint density at radius 2 is 1.88 bits per heavy atom. The van der Waals surface area contributed by atoms with E-state index in [-0.39, 0.29) is 36.6 Å². The van der Waals surface area contributed by atoms with Gasteiger partial charge in [0, 0.05) is 38.5 Å². The number of amides is 2. The molecular formula is C18H22N2O4. The summed E-state index contributed by atoms with van der Waals surface area (Å²) in [6, 6.07) is 9.47. The van der Waals surface area contributed by atoms with Crippen molar-refractivity contribution in [1.82, 2.24) is 9.80 Å². The molecule has 3 unspecified atom stereocenters. The Balaban J connectivity index is 1.75. The molecule has 1 aromatic carbocycles. The van der Waals surface area contributed by atoms with Crippen LogP contribution in [0, 0.1) is 11.8 Å². The van der Waals surface area contributed by atoms with Crippen molar-refractivity contribution in [3.05, 3.63) is 35.9 Å². The molecule has 3 atom stereocenters. The van der Waals surface area contributed by atoms with E-state index in [1.54, 1.807) is 9.80 Å². The number of likely N-dealkylation sites (tertiary alicyclic amines) is 2. The lowest BCUT2D eigenvalue weighted by Crippen LogP contribution is -2.36. The van der Waals surface area contributed by atoms with Crippen LogP contribution < -0.4 is 0 Å². The van der Waals surface area contributed by atoms with E-state index in [0.29, 0.717) is 19.6 Å². The van der Waals surface area contributed by atoms with Gasteiger partial charge in [0.25, 0.3) is 0 Å². The summed E-state index contributed by atoms with van der Waals surface area (Å²) in [7, 11) is 0. The molecule has 2 amide bonds. The van der Waals surface area contributed by atoms with Crippen molar-refractivity contribution in [2.75, 3.05) is 26.2 Å². The van der Waals surface area contributed by atoms with Crippen LogP contribution in [0.15, 0.2) is 30.3 Å². The molecule has 2 aliphatic heterocycles. The van der Waals surface area contributed by atoms with Gasteiger partial charge in [-0.15, -0.1) is 0 Å². The number of carbonyl (C=O) groups is 3. The van der Waals surface area contributed by atoms with Crippen molar-refractivity contribution in [2.45, 2.75) is 19.3 Å². The minimum absolute atomic E-state index is 0.00411. The SMILES string of the molecule is CCN1CC(C(=O)N2CC(C(=O)O)C(c3ccccc3)C2)CC1=O. The van der Waals surface area contributed by atoms with Gasteiger partial charge in [-0.25, -0.2) is 0 Å². The Hall–Kier alpha value is -2.37. The highest BCUT2D eigenvalue weighted by Crippen LogP contribution is 2.34. The molecule has 0 aliphatic carbocycles. The first-order valence-electron chi connectivity index (χ1n) is 8.35. The van der Waals surface area contributed by atoms with Crippen LogP contribution >= 0.6 is 0 Å². The monoisotopic (exact) mass is 330 g/mol. The standard InChI is InChI=1S/C18H22N2O4/c1-2-19-9-13(8-16(19)21)17(22)20-10-14(15(11-20)18(23)24)12-6-4-3-5-7-12/h3-7,13-15H,2,8-11H2,1H3,(H,23,24). The van der Waals surface area contributed by atoms with E-state index in [1.807, 2.05) is 37.3 Å². The second kappa shape index (κ2) is 6.63. The molecule has 2 aliphatic rings. The predicted octanol–water partition coefficient (Wildman–Crippen LogP) is 1.18. The highest BCUT2D eigenvalue weighted by Gasteiger charge is 2.44. The van der Waals surface area contributed by atoms with Crippen molar-refractivity contribution >= 4 is 17.8 Å². The summed E-state index contributed by atoms with van der Waals surface area (Å²) in [4.78, 5) is 39.5. The minimum atomic E-state index is -0.878. The number of rotatable bonds is 4. The number of aliphatic carboxylic acids is 1. The Morgan fingerprint density at radius 1 is 1.17 bits per heavy atom. The maximum absolute atomic E-state index is 12.8. The quantitative estimate of drug-likeness (QED) is 0.899. The summed E-state index contributed by atoms with van der Waals surface area (Å²) in [5, 5.41) is 9.53. The predicted molar refractivity (Wildman–Crippen MR) is 87.2 cm³/mol. The normalized spacial score (nSPS) is 26.9. The molecule has 6 nitrogen and oxygen atoms in total. The zero-order valence-corrected chi connectivity index (χ0v) is 13.7. The van der Waals surface area contributed by atoms with E-state index >= 15 is 0 Å². The lowest BCUT2D eigenvalue weighted by atomic mass is 9.89. The number of hydrogen-bond donors (Lipinski definition) is 1. The number of nitrogens with zero attached hydrogens (tertiary/aromatic N) is 2. The highest BCUT2D eigenvalue weighted by molar-refractivity contribution is 5.90. The van der Waals surface area contributed by atoms with E-state index in [1.165, 1.54) is 0 Å². The van der Waals surface area contributed by atoms with Gasteiger partial charge >= 0.3 is 5.97 Å². The van der Waals surface area contributed by atoms with Crippen LogP contribution in [0.25, 0.3) is 0 Å². The Labute approximate surface area is 141 Å². The van der Waals surface area contributed by atoms with Gasteiger partial charge < -0.3 is 14.9 Å². The fourth-order valence-corrected chi connectivity index (χ4v) is 3.77. The number of hydrogen-bond acceptors (Lipinski definition) is 3. The van der Waals surface area contributed by atoms with Gasteiger partial charge in [0.15, 0.2) is 0 Å². The molecule has 1 N–H and O–H groups in total. The fourth-order valence-electron chi connectivity index (χ4n) is 3.77. The van der Waals surface area contributed by atoms with Crippen LogP contribution in [0.5, 0.6) is 0 Å². The molecule has 3 rings (SSSR count). The van der Waals surface area contributed by atoms with Gasteiger partial charge in [0.2, 0.25) is 11.8 Å². The van der Waals surface area contributed by atoms with Crippen molar-refractivity contribution < 1.29 is 19.5 Å². The zero-order valence-electron chi connectivity index (χ0n) is 13.7. The van der Waals surface area contributed by atoms with Crippen molar-refractivity contribution in [3.63, 3.8) is 0 Å².